The summed E-state index contributed by atoms with van der Waals surface area (Å²) in [5.74, 6) is -0.680. The molecule has 3 aromatic rings. The molecule has 0 aliphatic rings. The van der Waals surface area contributed by atoms with Crippen LogP contribution in [0.1, 0.15) is 21.6 Å². The minimum Gasteiger partial charge on any atom is -0.444 e. The van der Waals surface area contributed by atoms with Crippen molar-refractivity contribution in [3.63, 3.8) is 0 Å². The first-order valence-corrected chi connectivity index (χ1v) is 7.78. The SMILES string of the molecule is Cc1c(F)cccc1C(=O)NCCc1coc(-c2ccc(F)cc2)n1. The normalized spacial score (nSPS) is 10.7. The third-order valence-electron chi connectivity index (χ3n) is 3.82. The molecule has 0 fully saturated rings. The van der Waals surface area contributed by atoms with Gasteiger partial charge in [-0.15, -0.1) is 0 Å². The minimum absolute atomic E-state index is 0.312. The fourth-order valence-corrected chi connectivity index (χ4v) is 2.40. The highest BCUT2D eigenvalue weighted by Crippen LogP contribution is 2.19. The second-order valence-corrected chi connectivity index (χ2v) is 5.57. The van der Waals surface area contributed by atoms with Crippen LogP contribution in [-0.4, -0.2) is 17.4 Å². The van der Waals surface area contributed by atoms with Crippen molar-refractivity contribution >= 4 is 5.91 Å². The van der Waals surface area contributed by atoms with Crippen LogP contribution in [0.4, 0.5) is 8.78 Å². The van der Waals surface area contributed by atoms with E-state index >= 15 is 0 Å². The smallest absolute Gasteiger partial charge is 0.251 e. The Balaban J connectivity index is 1.58. The molecule has 4 nitrogen and oxygen atoms in total. The first-order chi connectivity index (χ1) is 12.0. The van der Waals surface area contributed by atoms with Crippen molar-refractivity contribution in [1.82, 2.24) is 10.3 Å². The Hall–Kier alpha value is -3.02. The van der Waals surface area contributed by atoms with E-state index in [1.54, 1.807) is 25.1 Å². The highest BCUT2D eigenvalue weighted by Gasteiger charge is 2.12. The number of oxazole rings is 1. The zero-order valence-corrected chi connectivity index (χ0v) is 13.6. The molecule has 0 saturated carbocycles. The largest absolute Gasteiger partial charge is 0.444 e. The molecule has 0 saturated heterocycles. The van der Waals surface area contributed by atoms with E-state index in [1.807, 2.05) is 0 Å². The first-order valence-electron chi connectivity index (χ1n) is 7.78. The molecule has 3 rings (SSSR count). The van der Waals surface area contributed by atoms with Gasteiger partial charge in [0.15, 0.2) is 0 Å². The molecule has 0 aliphatic heterocycles. The lowest BCUT2D eigenvalue weighted by atomic mass is 10.1. The van der Waals surface area contributed by atoms with Crippen LogP contribution in [0.25, 0.3) is 11.5 Å². The predicted octanol–water partition coefficient (Wildman–Crippen LogP) is 3.90. The van der Waals surface area contributed by atoms with Gasteiger partial charge in [0, 0.05) is 24.1 Å². The van der Waals surface area contributed by atoms with Gasteiger partial charge < -0.3 is 9.73 Å². The van der Waals surface area contributed by atoms with Crippen LogP contribution in [0, 0.1) is 18.6 Å². The van der Waals surface area contributed by atoms with Crippen LogP contribution in [0.2, 0.25) is 0 Å². The molecule has 2 aromatic carbocycles. The van der Waals surface area contributed by atoms with Gasteiger partial charge in [0.05, 0.1) is 5.69 Å². The van der Waals surface area contributed by atoms with Gasteiger partial charge in [-0.25, -0.2) is 13.8 Å². The Morgan fingerprint density at radius 2 is 1.92 bits per heavy atom. The molecule has 0 radical (unpaired) electrons. The predicted molar refractivity (Wildman–Crippen MR) is 89.1 cm³/mol. The molecule has 6 heteroatoms. The molecule has 1 heterocycles. The van der Waals surface area contributed by atoms with Crippen LogP contribution in [0.5, 0.6) is 0 Å². The number of carbonyl (C=O) groups excluding carboxylic acids is 1. The number of hydrogen-bond acceptors (Lipinski definition) is 3. The molecule has 128 valence electrons. The van der Waals surface area contributed by atoms with Gasteiger partial charge in [-0.1, -0.05) is 6.07 Å². The molecular weight excluding hydrogens is 326 g/mol. The number of rotatable bonds is 5. The van der Waals surface area contributed by atoms with Crippen molar-refractivity contribution in [1.29, 1.82) is 0 Å². The van der Waals surface area contributed by atoms with E-state index in [-0.39, 0.29) is 11.7 Å². The summed E-state index contributed by atoms with van der Waals surface area (Å²) >= 11 is 0. The Morgan fingerprint density at radius 3 is 2.68 bits per heavy atom. The average Bonchev–Trinajstić information content (AvgIpc) is 3.07. The van der Waals surface area contributed by atoms with Crippen LogP contribution in [0.3, 0.4) is 0 Å². The third kappa shape index (κ3) is 3.91. The monoisotopic (exact) mass is 342 g/mol. The summed E-state index contributed by atoms with van der Waals surface area (Å²) in [7, 11) is 0. The van der Waals surface area contributed by atoms with E-state index < -0.39 is 5.82 Å². The number of halogens is 2. The molecule has 0 unspecified atom stereocenters. The maximum Gasteiger partial charge on any atom is 0.251 e. The number of carbonyl (C=O) groups is 1. The molecule has 1 N–H and O–H groups in total. The summed E-state index contributed by atoms with van der Waals surface area (Å²) < 4.78 is 31.8. The van der Waals surface area contributed by atoms with E-state index in [2.05, 4.69) is 10.3 Å². The van der Waals surface area contributed by atoms with Gasteiger partial charge in [0.1, 0.15) is 17.9 Å². The molecule has 0 spiro atoms. The van der Waals surface area contributed by atoms with Crippen molar-refractivity contribution in [2.24, 2.45) is 0 Å². The fraction of sp³-hybridized carbons (Fsp3) is 0.158. The number of aromatic nitrogens is 1. The van der Waals surface area contributed by atoms with Crippen molar-refractivity contribution in [3.8, 4) is 11.5 Å². The number of hydrogen-bond donors (Lipinski definition) is 1. The molecule has 25 heavy (non-hydrogen) atoms. The number of benzene rings is 2. The summed E-state index contributed by atoms with van der Waals surface area (Å²) in [5, 5.41) is 2.74. The summed E-state index contributed by atoms with van der Waals surface area (Å²) in [6, 6.07) is 10.2. The second-order valence-electron chi connectivity index (χ2n) is 5.57. The van der Waals surface area contributed by atoms with Crippen molar-refractivity contribution in [3.05, 3.63) is 77.2 Å². The van der Waals surface area contributed by atoms with Crippen LogP contribution in [-0.2, 0) is 6.42 Å². The lowest BCUT2D eigenvalue weighted by Crippen LogP contribution is -2.26. The molecule has 0 bridgehead atoms. The molecule has 1 aromatic heterocycles. The molecular formula is C19H16F2N2O2. The van der Waals surface area contributed by atoms with Crippen LogP contribution < -0.4 is 5.32 Å². The number of amides is 1. The van der Waals surface area contributed by atoms with Crippen molar-refractivity contribution in [2.45, 2.75) is 13.3 Å². The highest BCUT2D eigenvalue weighted by atomic mass is 19.1. The summed E-state index contributed by atoms with van der Waals surface area (Å²) in [6.45, 7) is 1.90. The minimum atomic E-state index is -0.409. The standard InChI is InChI=1S/C19H16F2N2O2/c1-12-16(3-2-4-17(12)21)18(24)22-10-9-15-11-25-19(23-15)13-5-7-14(20)8-6-13/h2-8,11H,9-10H2,1H3,(H,22,24). The molecule has 0 aliphatic carbocycles. The highest BCUT2D eigenvalue weighted by molar-refractivity contribution is 5.95. The van der Waals surface area contributed by atoms with Crippen molar-refractivity contribution in [2.75, 3.05) is 6.54 Å². The topological polar surface area (TPSA) is 55.1 Å². The van der Waals surface area contributed by atoms with E-state index in [9.17, 15) is 13.6 Å². The summed E-state index contributed by atoms with van der Waals surface area (Å²) in [4.78, 5) is 16.4. The van der Waals surface area contributed by atoms with E-state index in [0.717, 1.165) is 0 Å². The van der Waals surface area contributed by atoms with Gasteiger partial charge in [0.2, 0.25) is 5.89 Å². The Morgan fingerprint density at radius 1 is 1.16 bits per heavy atom. The van der Waals surface area contributed by atoms with Crippen LogP contribution in [0.15, 0.2) is 53.1 Å². The lowest BCUT2D eigenvalue weighted by molar-refractivity contribution is 0.0953. The van der Waals surface area contributed by atoms with Crippen molar-refractivity contribution < 1.29 is 18.0 Å². The average molecular weight is 342 g/mol. The zero-order chi connectivity index (χ0) is 17.8. The number of nitrogens with zero attached hydrogens (tertiary/aromatic N) is 1. The third-order valence-corrected chi connectivity index (χ3v) is 3.82. The second kappa shape index (κ2) is 7.25. The van der Waals surface area contributed by atoms with Gasteiger partial charge in [0.25, 0.3) is 5.91 Å². The summed E-state index contributed by atoms with van der Waals surface area (Å²) in [6.07, 6.45) is 1.96. The fourth-order valence-electron chi connectivity index (χ4n) is 2.40. The van der Waals surface area contributed by atoms with E-state index in [0.29, 0.717) is 41.2 Å². The molecule has 1 amide bonds. The Kier molecular flexibility index (Phi) is 4.88. The first kappa shape index (κ1) is 16.8. The Labute approximate surface area is 143 Å². The quantitative estimate of drug-likeness (QED) is 0.765. The van der Waals surface area contributed by atoms with Gasteiger partial charge in [-0.05, 0) is 48.9 Å². The van der Waals surface area contributed by atoms with Gasteiger partial charge in [-0.3, -0.25) is 4.79 Å². The van der Waals surface area contributed by atoms with Crippen LogP contribution >= 0.6 is 0 Å². The summed E-state index contributed by atoms with van der Waals surface area (Å²) in [5.41, 5.74) is 1.97. The van der Waals surface area contributed by atoms with E-state index in [4.69, 9.17) is 4.42 Å². The zero-order valence-electron chi connectivity index (χ0n) is 13.6. The van der Waals surface area contributed by atoms with Gasteiger partial charge >= 0.3 is 0 Å². The maximum absolute atomic E-state index is 13.5. The lowest BCUT2D eigenvalue weighted by Gasteiger charge is -2.07. The van der Waals surface area contributed by atoms with E-state index in [1.165, 1.54) is 30.5 Å². The van der Waals surface area contributed by atoms with Gasteiger partial charge in [-0.2, -0.15) is 0 Å². The Bertz CT molecular complexity index is 889. The maximum atomic E-state index is 13.5. The molecule has 0 atom stereocenters. The number of nitrogens with one attached hydrogen (secondary N) is 1.